The minimum absolute atomic E-state index is 0.0733. The Morgan fingerprint density at radius 2 is 1.82 bits per heavy atom. The van der Waals surface area contributed by atoms with Gasteiger partial charge in [-0.25, -0.2) is 0 Å². The molecule has 0 spiro atoms. The monoisotopic (exact) mass is 297 g/mol. The molecule has 2 aromatic rings. The van der Waals surface area contributed by atoms with E-state index in [1.165, 1.54) is 5.56 Å². The quantitative estimate of drug-likeness (QED) is 0.848. The molecule has 2 aromatic carbocycles. The molecule has 22 heavy (non-hydrogen) atoms. The van der Waals surface area contributed by atoms with E-state index in [4.69, 9.17) is 14.3 Å². The number of methoxy groups -OCH3 is 2. The Balaban J connectivity index is 1.63. The third-order valence-electron chi connectivity index (χ3n) is 3.75. The molecule has 1 aliphatic heterocycles. The van der Waals surface area contributed by atoms with E-state index in [1.807, 2.05) is 42.5 Å². The first-order chi connectivity index (χ1) is 10.8. The fourth-order valence-electron chi connectivity index (χ4n) is 2.55. The maximum atomic E-state index is 5.57. The van der Waals surface area contributed by atoms with Crippen molar-refractivity contribution in [1.82, 2.24) is 0 Å². The zero-order valence-electron chi connectivity index (χ0n) is 12.8. The van der Waals surface area contributed by atoms with Gasteiger partial charge >= 0.3 is 0 Å². The van der Waals surface area contributed by atoms with Crippen molar-refractivity contribution in [3.8, 4) is 11.5 Å². The summed E-state index contributed by atoms with van der Waals surface area (Å²) < 4.78 is 10.4. The fraction of sp³-hybridized carbons (Fsp3) is 0.278. The van der Waals surface area contributed by atoms with Crippen LogP contribution in [0.15, 0.2) is 53.7 Å². The maximum absolute atomic E-state index is 5.57. The summed E-state index contributed by atoms with van der Waals surface area (Å²) >= 11 is 0. The molecule has 0 amide bonds. The average Bonchev–Trinajstić information content (AvgIpc) is 3.03. The van der Waals surface area contributed by atoms with Gasteiger partial charge in [-0.15, -0.1) is 0 Å². The molecule has 0 fully saturated rings. The lowest BCUT2D eigenvalue weighted by molar-refractivity contribution is 0.0859. The van der Waals surface area contributed by atoms with E-state index < -0.39 is 0 Å². The van der Waals surface area contributed by atoms with E-state index in [0.29, 0.717) is 0 Å². The molecule has 0 saturated heterocycles. The molecule has 0 aliphatic carbocycles. The molecule has 4 heteroatoms. The highest BCUT2D eigenvalue weighted by atomic mass is 16.6. The van der Waals surface area contributed by atoms with Crippen LogP contribution in [-0.2, 0) is 11.3 Å². The van der Waals surface area contributed by atoms with Crippen LogP contribution < -0.4 is 9.47 Å². The summed E-state index contributed by atoms with van der Waals surface area (Å²) in [5.74, 6) is 1.71. The van der Waals surface area contributed by atoms with Gasteiger partial charge in [0.2, 0.25) is 0 Å². The lowest BCUT2D eigenvalue weighted by Gasteiger charge is -2.09. The number of hydrogen-bond donors (Lipinski definition) is 0. The van der Waals surface area contributed by atoms with Crippen LogP contribution in [0.5, 0.6) is 11.5 Å². The van der Waals surface area contributed by atoms with Crippen LogP contribution in [0, 0.1) is 0 Å². The van der Waals surface area contributed by atoms with Gasteiger partial charge in [-0.2, -0.15) is 0 Å². The predicted octanol–water partition coefficient (Wildman–Crippen LogP) is 3.44. The fourth-order valence-corrected chi connectivity index (χ4v) is 2.55. The molecule has 0 bridgehead atoms. The first-order valence-corrected chi connectivity index (χ1v) is 7.28. The van der Waals surface area contributed by atoms with Crippen molar-refractivity contribution >= 4 is 5.71 Å². The first kappa shape index (κ1) is 14.4. The van der Waals surface area contributed by atoms with Crippen molar-refractivity contribution in [2.75, 3.05) is 14.2 Å². The van der Waals surface area contributed by atoms with Gasteiger partial charge < -0.3 is 14.3 Å². The maximum Gasteiger partial charge on any atom is 0.137 e. The number of rotatable bonds is 5. The lowest BCUT2D eigenvalue weighted by Crippen LogP contribution is -2.12. The summed E-state index contributed by atoms with van der Waals surface area (Å²) in [4.78, 5) is 5.57. The SMILES string of the molecule is COc1ccc(C2=NO[C@@H](Cc3cccc(OC)c3)C2)cc1. The van der Waals surface area contributed by atoms with Crippen molar-refractivity contribution in [2.24, 2.45) is 5.16 Å². The average molecular weight is 297 g/mol. The normalized spacial score (nSPS) is 16.8. The highest BCUT2D eigenvalue weighted by molar-refractivity contribution is 6.01. The summed E-state index contributed by atoms with van der Waals surface area (Å²) in [5.41, 5.74) is 3.25. The number of nitrogens with zero attached hydrogens (tertiary/aromatic N) is 1. The van der Waals surface area contributed by atoms with Crippen LogP contribution >= 0.6 is 0 Å². The molecule has 4 nitrogen and oxygen atoms in total. The predicted molar refractivity (Wildman–Crippen MR) is 85.7 cm³/mol. The van der Waals surface area contributed by atoms with E-state index in [0.717, 1.165) is 35.6 Å². The van der Waals surface area contributed by atoms with Gasteiger partial charge in [0.15, 0.2) is 0 Å². The summed E-state index contributed by atoms with van der Waals surface area (Å²) in [7, 11) is 3.34. The Labute approximate surface area is 130 Å². The van der Waals surface area contributed by atoms with Crippen LogP contribution in [0.1, 0.15) is 17.5 Å². The third-order valence-corrected chi connectivity index (χ3v) is 3.75. The second kappa shape index (κ2) is 6.52. The molecule has 0 aromatic heterocycles. The van der Waals surface area contributed by atoms with Crippen molar-refractivity contribution in [3.63, 3.8) is 0 Å². The van der Waals surface area contributed by atoms with Gasteiger partial charge in [-0.05, 0) is 47.5 Å². The van der Waals surface area contributed by atoms with E-state index >= 15 is 0 Å². The van der Waals surface area contributed by atoms with Crippen molar-refractivity contribution < 1.29 is 14.3 Å². The smallest absolute Gasteiger partial charge is 0.137 e. The second-order valence-corrected chi connectivity index (χ2v) is 5.25. The third kappa shape index (κ3) is 3.22. The van der Waals surface area contributed by atoms with Crippen molar-refractivity contribution in [3.05, 3.63) is 59.7 Å². The van der Waals surface area contributed by atoms with Gasteiger partial charge in [-0.1, -0.05) is 17.3 Å². The van der Waals surface area contributed by atoms with Crippen LogP contribution in [0.3, 0.4) is 0 Å². The van der Waals surface area contributed by atoms with Gasteiger partial charge in [0, 0.05) is 12.8 Å². The number of ether oxygens (including phenoxy) is 2. The van der Waals surface area contributed by atoms with Gasteiger partial charge in [0.05, 0.1) is 19.9 Å². The molecule has 0 unspecified atom stereocenters. The standard InChI is InChI=1S/C18H19NO3/c1-20-15-8-6-14(7-9-15)18-12-17(22-19-18)11-13-4-3-5-16(10-13)21-2/h3-10,17H,11-12H2,1-2H3/t17-/m0/s1. The summed E-state index contributed by atoms with van der Waals surface area (Å²) in [6.45, 7) is 0. The van der Waals surface area contributed by atoms with Gasteiger partial charge in [-0.3, -0.25) is 0 Å². The summed E-state index contributed by atoms with van der Waals surface area (Å²) in [5, 5.41) is 4.23. The van der Waals surface area contributed by atoms with Gasteiger partial charge in [0.25, 0.3) is 0 Å². The largest absolute Gasteiger partial charge is 0.497 e. The van der Waals surface area contributed by atoms with E-state index in [9.17, 15) is 0 Å². The highest BCUT2D eigenvalue weighted by Crippen LogP contribution is 2.23. The minimum atomic E-state index is 0.0733. The highest BCUT2D eigenvalue weighted by Gasteiger charge is 2.22. The molecule has 1 atom stereocenters. The Morgan fingerprint density at radius 1 is 1.05 bits per heavy atom. The zero-order valence-corrected chi connectivity index (χ0v) is 12.8. The van der Waals surface area contributed by atoms with E-state index in [2.05, 4.69) is 11.2 Å². The minimum Gasteiger partial charge on any atom is -0.497 e. The van der Waals surface area contributed by atoms with Crippen LogP contribution in [0.4, 0.5) is 0 Å². The molecular formula is C18H19NO3. The second-order valence-electron chi connectivity index (χ2n) is 5.25. The summed E-state index contributed by atoms with van der Waals surface area (Å²) in [6.07, 6.45) is 1.70. The molecule has 0 radical (unpaired) electrons. The number of hydrogen-bond acceptors (Lipinski definition) is 4. The van der Waals surface area contributed by atoms with Crippen molar-refractivity contribution in [1.29, 1.82) is 0 Å². The molecule has 0 saturated carbocycles. The van der Waals surface area contributed by atoms with Gasteiger partial charge in [0.1, 0.15) is 17.6 Å². The molecule has 0 N–H and O–H groups in total. The van der Waals surface area contributed by atoms with Crippen LogP contribution in [-0.4, -0.2) is 26.0 Å². The summed E-state index contributed by atoms with van der Waals surface area (Å²) in [6, 6.07) is 15.9. The molecule has 1 heterocycles. The molecular weight excluding hydrogens is 278 g/mol. The zero-order chi connectivity index (χ0) is 15.4. The van der Waals surface area contributed by atoms with E-state index in [-0.39, 0.29) is 6.10 Å². The van der Waals surface area contributed by atoms with Crippen molar-refractivity contribution in [2.45, 2.75) is 18.9 Å². The Bertz CT molecular complexity index is 664. The van der Waals surface area contributed by atoms with Crippen LogP contribution in [0.2, 0.25) is 0 Å². The number of oxime groups is 1. The molecule has 1 aliphatic rings. The number of benzene rings is 2. The molecule has 3 rings (SSSR count). The lowest BCUT2D eigenvalue weighted by atomic mass is 10.0. The topological polar surface area (TPSA) is 40.0 Å². The Morgan fingerprint density at radius 3 is 2.55 bits per heavy atom. The first-order valence-electron chi connectivity index (χ1n) is 7.28. The van der Waals surface area contributed by atoms with Crippen LogP contribution in [0.25, 0.3) is 0 Å². The molecule has 114 valence electrons. The van der Waals surface area contributed by atoms with E-state index in [1.54, 1.807) is 14.2 Å². The Hall–Kier alpha value is -2.49. The Kier molecular flexibility index (Phi) is 4.28.